The second-order valence-electron chi connectivity index (χ2n) is 4.63. The number of anilines is 1. The van der Waals surface area contributed by atoms with Crippen LogP contribution in [0.25, 0.3) is 0 Å². The molecular weight excluding hydrogens is 327 g/mol. The zero-order valence-electron chi connectivity index (χ0n) is 12.3. The lowest BCUT2D eigenvalue weighted by Crippen LogP contribution is -2.19. The Morgan fingerprint density at radius 1 is 1.43 bits per heavy atom. The first-order valence-corrected chi connectivity index (χ1v) is 6.78. The number of halogens is 2. The third-order valence-electron chi connectivity index (χ3n) is 3.21. The largest absolute Gasteiger partial charge is 0.506 e. The number of carbonyl (C=O) groups is 1. The summed E-state index contributed by atoms with van der Waals surface area (Å²) >= 11 is 6.06. The Labute approximate surface area is 135 Å². The van der Waals surface area contributed by atoms with E-state index in [4.69, 9.17) is 17.3 Å². The summed E-state index contributed by atoms with van der Waals surface area (Å²) in [7, 11) is 3.03. The number of nitrogens with two attached hydrogens (primary N) is 1. The summed E-state index contributed by atoms with van der Waals surface area (Å²) in [6.45, 7) is 0. The maximum Gasteiger partial charge on any atom is 0.354 e. The van der Waals surface area contributed by atoms with E-state index >= 15 is 0 Å². The van der Waals surface area contributed by atoms with Crippen LogP contribution in [-0.4, -0.2) is 33.6 Å². The van der Waals surface area contributed by atoms with Gasteiger partial charge in [-0.1, -0.05) is 11.6 Å². The number of aromatic hydroxyl groups is 1. The normalized spacial score (nSPS) is 11.6. The minimum atomic E-state index is -1.22. The van der Waals surface area contributed by atoms with Gasteiger partial charge < -0.3 is 25.8 Å². The summed E-state index contributed by atoms with van der Waals surface area (Å²) in [6, 6.07) is 3.26. The summed E-state index contributed by atoms with van der Waals surface area (Å²) in [4.78, 5) is 15.3. The summed E-state index contributed by atoms with van der Waals surface area (Å²) < 4.78 is 14.3. The molecule has 2 aromatic rings. The van der Waals surface area contributed by atoms with Crippen molar-refractivity contribution in [3.63, 3.8) is 0 Å². The fourth-order valence-electron chi connectivity index (χ4n) is 2.19. The van der Waals surface area contributed by atoms with Gasteiger partial charge in [0.05, 0.1) is 10.7 Å². The average molecular weight is 341 g/mol. The second kappa shape index (κ2) is 6.17. The van der Waals surface area contributed by atoms with Gasteiger partial charge in [0.25, 0.3) is 0 Å². The van der Waals surface area contributed by atoms with Crippen LogP contribution in [0.1, 0.15) is 16.2 Å². The van der Waals surface area contributed by atoms with E-state index in [9.17, 15) is 19.4 Å². The molecule has 1 aromatic carbocycles. The molecule has 0 radical (unpaired) electrons. The van der Waals surface area contributed by atoms with Gasteiger partial charge in [-0.2, -0.15) is 0 Å². The van der Waals surface area contributed by atoms with Crippen LogP contribution in [0, 0.1) is 5.82 Å². The lowest BCUT2D eigenvalue weighted by molar-refractivity contribution is 0.0686. The molecule has 7 nitrogen and oxygen atoms in total. The highest BCUT2D eigenvalue weighted by Gasteiger charge is 2.25. The van der Waals surface area contributed by atoms with Crippen LogP contribution >= 0.6 is 11.6 Å². The summed E-state index contributed by atoms with van der Waals surface area (Å²) in [5, 5.41) is 21.7. The van der Waals surface area contributed by atoms with Crippen LogP contribution in [0.4, 0.5) is 15.8 Å². The first-order chi connectivity index (χ1) is 10.8. The molecule has 9 heteroatoms. The fourth-order valence-corrected chi connectivity index (χ4v) is 2.58. The highest BCUT2D eigenvalue weighted by Crippen LogP contribution is 2.33. The Kier molecular flexibility index (Phi) is 4.46. The second-order valence-corrected chi connectivity index (χ2v) is 5.01. The third-order valence-corrected chi connectivity index (χ3v) is 3.58. The van der Waals surface area contributed by atoms with Crippen molar-refractivity contribution in [2.45, 2.75) is 0 Å². The summed E-state index contributed by atoms with van der Waals surface area (Å²) in [5.74, 6) is -2.32. The molecule has 0 atom stereocenters. The van der Waals surface area contributed by atoms with Crippen LogP contribution in [0.5, 0.6) is 5.75 Å². The van der Waals surface area contributed by atoms with Gasteiger partial charge in [0.2, 0.25) is 0 Å². The van der Waals surface area contributed by atoms with Crippen LogP contribution in [-0.2, 0) is 7.05 Å². The smallest absolute Gasteiger partial charge is 0.354 e. The van der Waals surface area contributed by atoms with Gasteiger partial charge in [-0.15, -0.1) is 0 Å². The topological polar surface area (TPSA) is 113 Å². The lowest BCUT2D eigenvalue weighted by atomic mass is 10.2. The predicted octanol–water partition coefficient (Wildman–Crippen LogP) is 2.30. The number of hydrogen-bond acceptors (Lipinski definition) is 4. The lowest BCUT2D eigenvalue weighted by Gasteiger charge is -2.08. The molecule has 0 bridgehead atoms. The van der Waals surface area contributed by atoms with E-state index in [0.717, 1.165) is 12.1 Å². The van der Waals surface area contributed by atoms with E-state index < -0.39 is 17.5 Å². The Morgan fingerprint density at radius 3 is 2.61 bits per heavy atom. The molecule has 1 aromatic heterocycles. The number of phenols is 1. The standard InChI is InChI=1S/C14H14ClFN4O3/c1-18-10-9(15)11(14(22)23)20(2)12(10)13(17)19-7-4-3-6(16)5-8(7)21/h3-5,18,21H,1-2H3,(H2,17,19)(H,22,23). The quantitative estimate of drug-likeness (QED) is 0.504. The number of amidine groups is 1. The number of phenolic OH excluding ortho intramolecular Hbond substituents is 1. The first kappa shape index (κ1) is 16.6. The number of nitrogens with zero attached hydrogens (tertiary/aromatic N) is 2. The monoisotopic (exact) mass is 340 g/mol. The number of aromatic carboxylic acids is 1. The number of benzene rings is 1. The zero-order chi connectivity index (χ0) is 17.3. The molecule has 2 rings (SSSR count). The molecule has 0 aliphatic carbocycles. The number of carboxylic acids is 1. The van der Waals surface area contributed by atoms with Crippen molar-refractivity contribution in [3.8, 4) is 5.75 Å². The van der Waals surface area contributed by atoms with Gasteiger partial charge >= 0.3 is 5.97 Å². The van der Waals surface area contributed by atoms with Crippen molar-refractivity contribution in [1.29, 1.82) is 0 Å². The highest BCUT2D eigenvalue weighted by atomic mass is 35.5. The number of hydrogen-bond donors (Lipinski definition) is 4. The average Bonchev–Trinajstić information content (AvgIpc) is 2.72. The molecule has 1 heterocycles. The van der Waals surface area contributed by atoms with Crippen molar-refractivity contribution in [2.75, 3.05) is 12.4 Å². The van der Waals surface area contributed by atoms with Crippen LogP contribution in [0.3, 0.4) is 0 Å². The number of aliphatic imine (C=N–C) groups is 1. The van der Waals surface area contributed by atoms with Crippen molar-refractivity contribution in [1.82, 2.24) is 4.57 Å². The number of aromatic nitrogens is 1. The van der Waals surface area contributed by atoms with Gasteiger partial charge in [0.1, 0.15) is 34.5 Å². The van der Waals surface area contributed by atoms with E-state index in [1.54, 1.807) is 7.05 Å². The molecule has 0 fully saturated rings. The van der Waals surface area contributed by atoms with E-state index in [2.05, 4.69) is 10.3 Å². The Balaban J connectivity index is 2.63. The van der Waals surface area contributed by atoms with Gasteiger partial charge in [-0.05, 0) is 12.1 Å². The molecule has 0 aliphatic rings. The molecular formula is C14H14ClFN4O3. The van der Waals surface area contributed by atoms with E-state index in [1.807, 2.05) is 0 Å². The highest BCUT2D eigenvalue weighted by molar-refractivity contribution is 6.37. The summed E-state index contributed by atoms with van der Waals surface area (Å²) in [6.07, 6.45) is 0. The van der Waals surface area contributed by atoms with Gasteiger partial charge in [-0.25, -0.2) is 14.2 Å². The Morgan fingerprint density at radius 2 is 2.09 bits per heavy atom. The Bertz CT molecular complexity index is 817. The molecule has 0 unspecified atom stereocenters. The predicted molar refractivity (Wildman–Crippen MR) is 85.4 cm³/mol. The number of carboxylic acid groups (broad SMARTS) is 1. The maximum atomic E-state index is 13.0. The minimum Gasteiger partial charge on any atom is -0.506 e. The molecule has 23 heavy (non-hydrogen) atoms. The van der Waals surface area contributed by atoms with Crippen LogP contribution in [0.15, 0.2) is 23.2 Å². The zero-order valence-corrected chi connectivity index (χ0v) is 13.0. The maximum absolute atomic E-state index is 13.0. The minimum absolute atomic E-state index is 0.0148. The Hall–Kier alpha value is -2.74. The van der Waals surface area contributed by atoms with E-state index in [-0.39, 0.29) is 33.6 Å². The fraction of sp³-hybridized carbons (Fsp3) is 0.143. The SMILES string of the molecule is CNc1c(Cl)c(C(=O)O)n(C)c1C(N)=Nc1ccc(F)cc1O. The van der Waals surface area contributed by atoms with Crippen molar-refractivity contribution in [3.05, 3.63) is 40.4 Å². The van der Waals surface area contributed by atoms with Crippen LogP contribution in [0.2, 0.25) is 5.02 Å². The first-order valence-electron chi connectivity index (χ1n) is 6.40. The molecule has 0 saturated heterocycles. The van der Waals surface area contributed by atoms with E-state index in [0.29, 0.717) is 0 Å². The molecule has 0 aliphatic heterocycles. The van der Waals surface area contributed by atoms with Crippen molar-refractivity contribution < 1.29 is 19.4 Å². The van der Waals surface area contributed by atoms with E-state index in [1.165, 1.54) is 17.7 Å². The molecule has 0 saturated carbocycles. The van der Waals surface area contributed by atoms with Gasteiger partial charge in [0, 0.05) is 20.2 Å². The van der Waals surface area contributed by atoms with Crippen molar-refractivity contribution >= 4 is 34.8 Å². The molecule has 5 N–H and O–H groups in total. The molecule has 0 spiro atoms. The summed E-state index contributed by atoms with van der Waals surface area (Å²) in [5.41, 5.74) is 6.33. The van der Waals surface area contributed by atoms with Crippen LogP contribution < -0.4 is 11.1 Å². The van der Waals surface area contributed by atoms with Gasteiger partial charge in [0.15, 0.2) is 0 Å². The third kappa shape index (κ3) is 2.93. The van der Waals surface area contributed by atoms with Gasteiger partial charge in [-0.3, -0.25) is 0 Å². The number of nitrogens with one attached hydrogen (secondary N) is 1. The molecule has 122 valence electrons. The molecule has 0 amide bonds. The van der Waals surface area contributed by atoms with Crippen molar-refractivity contribution in [2.24, 2.45) is 17.8 Å². The number of rotatable bonds is 4.